The number of hydrogen-bond donors (Lipinski definition) is 2. The monoisotopic (exact) mass is 411 g/mol. The molecule has 1 aromatic rings. The maximum Gasteiger partial charge on any atom is 0.244 e. The van der Waals surface area contributed by atoms with E-state index in [0.29, 0.717) is 0 Å². The smallest absolute Gasteiger partial charge is 0.244 e. The van der Waals surface area contributed by atoms with Crippen molar-refractivity contribution < 1.29 is 22.8 Å². The van der Waals surface area contributed by atoms with E-state index in [0.717, 1.165) is 10.6 Å². The summed E-state index contributed by atoms with van der Waals surface area (Å²) >= 11 is 1.32. The summed E-state index contributed by atoms with van der Waals surface area (Å²) < 4.78 is 22.9. The minimum atomic E-state index is -3.08. The predicted molar refractivity (Wildman–Crippen MR) is 102 cm³/mol. The Hall–Kier alpha value is -2.07. The molecule has 2 N–H and O–H groups in total. The lowest BCUT2D eigenvalue weighted by Gasteiger charge is -2.29. The average molecular weight is 412 g/mol. The average Bonchev–Trinajstić information content (AvgIpc) is 2.61. The van der Waals surface area contributed by atoms with Crippen molar-refractivity contribution in [2.45, 2.75) is 29.5 Å². The number of rotatable bonds is 4. The molecule has 2 unspecified atom stereocenters. The van der Waals surface area contributed by atoms with Gasteiger partial charge in [-0.3, -0.25) is 14.4 Å². The van der Waals surface area contributed by atoms with Gasteiger partial charge in [-0.2, -0.15) is 0 Å². The highest BCUT2D eigenvalue weighted by Crippen LogP contribution is 2.36. The summed E-state index contributed by atoms with van der Waals surface area (Å²) in [4.78, 5) is 39.2. The molecule has 10 heteroatoms. The summed E-state index contributed by atoms with van der Waals surface area (Å²) in [6.07, 6.45) is -0.0448. The molecule has 0 saturated carbocycles. The fourth-order valence-electron chi connectivity index (χ4n) is 2.96. The summed E-state index contributed by atoms with van der Waals surface area (Å²) in [6.45, 7) is 1.84. The molecule has 2 aliphatic heterocycles. The Bertz CT molecular complexity index is 857. The van der Waals surface area contributed by atoms with Gasteiger partial charge in [0.15, 0.2) is 9.84 Å². The van der Waals surface area contributed by atoms with E-state index in [9.17, 15) is 22.8 Å². The van der Waals surface area contributed by atoms with Gasteiger partial charge in [-0.1, -0.05) is 12.1 Å². The molecule has 27 heavy (non-hydrogen) atoms. The molecule has 0 spiro atoms. The van der Waals surface area contributed by atoms with Crippen molar-refractivity contribution >= 4 is 45.0 Å². The summed E-state index contributed by atoms with van der Waals surface area (Å²) in [5.74, 6) is -1.07. The normalized spacial score (nSPS) is 22.3. The van der Waals surface area contributed by atoms with Crippen LogP contribution in [0.15, 0.2) is 29.2 Å². The third-order valence-corrected chi connectivity index (χ3v) is 7.37. The first-order chi connectivity index (χ1) is 12.7. The highest BCUT2D eigenvalue weighted by molar-refractivity contribution is 8.01. The van der Waals surface area contributed by atoms with Crippen LogP contribution in [-0.4, -0.2) is 66.9 Å². The molecule has 2 atom stereocenters. The molecular weight excluding hydrogens is 390 g/mol. The van der Waals surface area contributed by atoms with E-state index in [1.165, 1.54) is 16.7 Å². The molecule has 0 bridgehead atoms. The lowest BCUT2D eigenvalue weighted by atomic mass is 10.2. The van der Waals surface area contributed by atoms with Gasteiger partial charge in [0.25, 0.3) is 0 Å². The molecular formula is C17H21N3O5S2. The predicted octanol–water partition coefficient (Wildman–Crippen LogP) is 0.251. The number of anilines is 1. The molecule has 1 fully saturated rings. The number of sulfone groups is 1. The zero-order valence-corrected chi connectivity index (χ0v) is 16.4. The van der Waals surface area contributed by atoms with Gasteiger partial charge in [0.05, 0.1) is 22.4 Å². The van der Waals surface area contributed by atoms with Crippen molar-refractivity contribution in [3.8, 4) is 0 Å². The Morgan fingerprint density at radius 2 is 1.96 bits per heavy atom. The minimum absolute atomic E-state index is 0.0448. The first kappa shape index (κ1) is 19.7. The van der Waals surface area contributed by atoms with Gasteiger partial charge in [-0.25, -0.2) is 8.42 Å². The highest BCUT2D eigenvalue weighted by atomic mass is 32.2. The highest BCUT2D eigenvalue weighted by Gasteiger charge is 2.31. The molecule has 1 aromatic carbocycles. The Kier molecular flexibility index (Phi) is 5.75. The van der Waals surface area contributed by atoms with Gasteiger partial charge in [0.1, 0.15) is 6.04 Å². The molecule has 3 amide bonds. The van der Waals surface area contributed by atoms with E-state index < -0.39 is 27.0 Å². The van der Waals surface area contributed by atoms with E-state index in [2.05, 4.69) is 10.6 Å². The minimum Gasteiger partial charge on any atom is -0.345 e. The zero-order chi connectivity index (χ0) is 19.6. The maximum absolute atomic E-state index is 12.4. The third-order valence-electron chi connectivity index (χ3n) is 4.48. The number of benzene rings is 1. The fraction of sp³-hybridized carbons (Fsp3) is 0.471. The maximum atomic E-state index is 12.4. The van der Waals surface area contributed by atoms with Crippen LogP contribution < -0.4 is 10.6 Å². The first-order valence-electron chi connectivity index (χ1n) is 8.60. The number of amides is 3. The summed E-state index contributed by atoms with van der Waals surface area (Å²) in [5.41, 5.74) is 0.729. The molecule has 0 aromatic heterocycles. The van der Waals surface area contributed by atoms with Crippen molar-refractivity contribution in [3.05, 3.63) is 24.3 Å². The quantitative estimate of drug-likeness (QED) is 0.735. The van der Waals surface area contributed by atoms with Crippen LogP contribution in [0, 0.1) is 0 Å². The van der Waals surface area contributed by atoms with Gasteiger partial charge in [0.2, 0.25) is 17.7 Å². The number of nitrogens with one attached hydrogen (secondary N) is 2. The number of para-hydroxylation sites is 1. The fourth-order valence-corrected chi connectivity index (χ4v) is 5.28. The van der Waals surface area contributed by atoms with Gasteiger partial charge in [-0.15, -0.1) is 11.8 Å². The number of thioether (sulfide) groups is 1. The van der Waals surface area contributed by atoms with Gasteiger partial charge in [0, 0.05) is 24.4 Å². The molecule has 0 aliphatic carbocycles. The summed E-state index contributed by atoms with van der Waals surface area (Å²) in [6, 6.07) is 6.59. The lowest BCUT2D eigenvalue weighted by Crippen LogP contribution is -2.52. The SMILES string of the molecule is CC(NC(=O)CC1Sc2ccccc2NC1=O)C(=O)N1CCS(=O)(=O)CC1. The largest absolute Gasteiger partial charge is 0.345 e. The molecule has 2 aliphatic rings. The lowest BCUT2D eigenvalue weighted by molar-refractivity contribution is -0.135. The van der Waals surface area contributed by atoms with E-state index in [4.69, 9.17) is 0 Å². The van der Waals surface area contributed by atoms with Crippen LogP contribution in [0.2, 0.25) is 0 Å². The Morgan fingerprint density at radius 3 is 2.67 bits per heavy atom. The second-order valence-corrected chi connectivity index (χ2v) is 10.1. The zero-order valence-electron chi connectivity index (χ0n) is 14.8. The van der Waals surface area contributed by atoms with Crippen molar-refractivity contribution in [2.75, 3.05) is 29.9 Å². The summed E-state index contributed by atoms with van der Waals surface area (Å²) in [5, 5.41) is 4.83. The molecule has 0 radical (unpaired) electrons. The van der Waals surface area contributed by atoms with E-state index >= 15 is 0 Å². The van der Waals surface area contributed by atoms with Gasteiger partial charge in [-0.05, 0) is 19.1 Å². The molecule has 3 rings (SSSR count). The van der Waals surface area contributed by atoms with Crippen LogP contribution in [0.3, 0.4) is 0 Å². The summed E-state index contributed by atoms with van der Waals surface area (Å²) in [7, 11) is -3.08. The van der Waals surface area contributed by atoms with E-state index in [-0.39, 0.29) is 42.8 Å². The topological polar surface area (TPSA) is 113 Å². The van der Waals surface area contributed by atoms with Crippen LogP contribution in [-0.2, 0) is 24.2 Å². The number of carbonyl (C=O) groups excluding carboxylic acids is 3. The molecule has 146 valence electrons. The van der Waals surface area contributed by atoms with Crippen LogP contribution in [0.1, 0.15) is 13.3 Å². The van der Waals surface area contributed by atoms with Crippen LogP contribution in [0.25, 0.3) is 0 Å². The second kappa shape index (κ2) is 7.89. The number of nitrogens with zero attached hydrogens (tertiary/aromatic N) is 1. The van der Waals surface area contributed by atoms with Crippen molar-refractivity contribution in [1.29, 1.82) is 0 Å². The Morgan fingerprint density at radius 1 is 1.30 bits per heavy atom. The standard InChI is InChI=1S/C17H21N3O5S2/c1-11(17(23)20-6-8-27(24,25)9-7-20)18-15(21)10-14-16(22)19-12-4-2-3-5-13(12)26-14/h2-5,11,14H,6-10H2,1H3,(H,18,21)(H,19,22). The van der Waals surface area contributed by atoms with E-state index in [1.54, 1.807) is 13.0 Å². The van der Waals surface area contributed by atoms with Gasteiger partial charge >= 0.3 is 0 Å². The van der Waals surface area contributed by atoms with E-state index in [1.807, 2.05) is 18.2 Å². The number of carbonyl (C=O) groups is 3. The van der Waals surface area contributed by atoms with Crippen molar-refractivity contribution in [2.24, 2.45) is 0 Å². The molecule has 1 saturated heterocycles. The number of fused-ring (bicyclic) bond motifs is 1. The Labute approximate surface area is 162 Å². The number of hydrogen-bond acceptors (Lipinski definition) is 6. The van der Waals surface area contributed by atoms with Crippen LogP contribution >= 0.6 is 11.8 Å². The van der Waals surface area contributed by atoms with Crippen LogP contribution in [0.4, 0.5) is 5.69 Å². The Balaban J connectivity index is 1.53. The second-order valence-electron chi connectivity index (χ2n) is 6.56. The third kappa shape index (κ3) is 4.81. The van der Waals surface area contributed by atoms with Crippen LogP contribution in [0.5, 0.6) is 0 Å². The molecule has 8 nitrogen and oxygen atoms in total. The molecule has 2 heterocycles. The van der Waals surface area contributed by atoms with Crippen molar-refractivity contribution in [3.63, 3.8) is 0 Å². The first-order valence-corrected chi connectivity index (χ1v) is 11.3. The van der Waals surface area contributed by atoms with Crippen molar-refractivity contribution in [1.82, 2.24) is 10.2 Å². The van der Waals surface area contributed by atoms with Gasteiger partial charge < -0.3 is 15.5 Å².